The van der Waals surface area contributed by atoms with Gasteiger partial charge in [0.25, 0.3) is 0 Å². The zero-order valence-corrected chi connectivity index (χ0v) is 45.2. The fourth-order valence-corrected chi connectivity index (χ4v) is 9.18. The SMILES string of the molecule is CCCCCCC/C=C\C/C=C\C/C=C\CCCCCCCCCCCOCC(COC1OC(COC2OC(CO)C(O)C(O)C2O)C(O)C(O)C1O)OC(=O)CCCCCCCCCCCCCCCC. The quantitative estimate of drug-likeness (QED) is 0.0172. The topological polar surface area (TPSA) is 214 Å². The van der Waals surface area contributed by atoms with E-state index in [1.165, 1.54) is 141 Å². The van der Waals surface area contributed by atoms with E-state index in [1.807, 2.05) is 0 Å². The first-order valence-corrected chi connectivity index (χ1v) is 29.1. The summed E-state index contributed by atoms with van der Waals surface area (Å²) >= 11 is 0. The van der Waals surface area contributed by atoms with E-state index in [2.05, 4.69) is 50.3 Å². The lowest BCUT2D eigenvalue weighted by Gasteiger charge is -2.42. The normalized spacial score (nSPS) is 25.3. The largest absolute Gasteiger partial charge is 0.457 e. The second-order valence-corrected chi connectivity index (χ2v) is 20.5. The van der Waals surface area contributed by atoms with Crippen LogP contribution >= 0.6 is 0 Å². The summed E-state index contributed by atoms with van der Waals surface area (Å²) in [4.78, 5) is 13.0. The van der Waals surface area contributed by atoms with Crippen LogP contribution in [0.4, 0.5) is 0 Å². The van der Waals surface area contributed by atoms with Crippen LogP contribution in [0.3, 0.4) is 0 Å². The van der Waals surface area contributed by atoms with Crippen molar-refractivity contribution < 1.29 is 69.0 Å². The Hall–Kier alpha value is -1.79. The van der Waals surface area contributed by atoms with Gasteiger partial charge in [0.1, 0.15) is 54.9 Å². The van der Waals surface area contributed by atoms with E-state index in [0.717, 1.165) is 57.8 Å². The number of ether oxygens (including phenoxy) is 6. The minimum absolute atomic E-state index is 0.0605. The maximum absolute atomic E-state index is 13.0. The molecule has 14 heteroatoms. The average Bonchev–Trinajstić information content (AvgIpc) is 3.38. The van der Waals surface area contributed by atoms with Crippen molar-refractivity contribution in [2.24, 2.45) is 0 Å². The molecule has 7 N–H and O–H groups in total. The van der Waals surface area contributed by atoms with Crippen LogP contribution < -0.4 is 0 Å². The van der Waals surface area contributed by atoms with E-state index in [1.54, 1.807) is 0 Å². The van der Waals surface area contributed by atoms with Crippen molar-refractivity contribution in [3.63, 3.8) is 0 Å². The van der Waals surface area contributed by atoms with E-state index in [4.69, 9.17) is 28.4 Å². The Labute approximate surface area is 436 Å². The van der Waals surface area contributed by atoms with Gasteiger partial charge in [-0.15, -0.1) is 0 Å². The summed E-state index contributed by atoms with van der Waals surface area (Å²) in [7, 11) is 0. The molecule has 0 amide bonds. The molecule has 422 valence electrons. The minimum Gasteiger partial charge on any atom is -0.457 e. The van der Waals surface area contributed by atoms with Crippen molar-refractivity contribution >= 4 is 5.97 Å². The van der Waals surface area contributed by atoms with Gasteiger partial charge in [-0.2, -0.15) is 0 Å². The molecule has 2 saturated heterocycles. The van der Waals surface area contributed by atoms with E-state index in [9.17, 15) is 40.5 Å². The highest BCUT2D eigenvalue weighted by molar-refractivity contribution is 5.69. The highest BCUT2D eigenvalue weighted by Gasteiger charge is 2.47. The van der Waals surface area contributed by atoms with Crippen LogP contribution in [0.15, 0.2) is 36.5 Å². The van der Waals surface area contributed by atoms with Gasteiger partial charge in [0.05, 0.1) is 26.4 Å². The summed E-state index contributed by atoms with van der Waals surface area (Å²) in [5.74, 6) is -0.376. The molecule has 2 fully saturated rings. The summed E-state index contributed by atoms with van der Waals surface area (Å²) in [5.41, 5.74) is 0. The molecule has 0 spiro atoms. The lowest BCUT2D eigenvalue weighted by atomic mass is 9.98. The van der Waals surface area contributed by atoms with Crippen LogP contribution in [-0.4, -0.2) is 142 Å². The molecule has 2 aliphatic heterocycles. The molecule has 2 aliphatic rings. The number of unbranched alkanes of at least 4 members (excludes halogenated alkanes) is 27. The monoisotopic (exact) mass is 1030 g/mol. The molecule has 0 aromatic rings. The third kappa shape index (κ3) is 31.9. The predicted molar refractivity (Wildman–Crippen MR) is 284 cm³/mol. The van der Waals surface area contributed by atoms with Gasteiger partial charge in [0, 0.05) is 13.0 Å². The van der Waals surface area contributed by atoms with Gasteiger partial charge in [-0.1, -0.05) is 204 Å². The number of carbonyl (C=O) groups is 1. The highest BCUT2D eigenvalue weighted by Crippen LogP contribution is 2.27. The summed E-state index contributed by atoms with van der Waals surface area (Å²) in [6, 6.07) is 0. The van der Waals surface area contributed by atoms with Gasteiger partial charge in [-0.3, -0.25) is 4.79 Å². The van der Waals surface area contributed by atoms with E-state index in [-0.39, 0.29) is 25.6 Å². The number of hydrogen-bond acceptors (Lipinski definition) is 14. The smallest absolute Gasteiger partial charge is 0.306 e. The zero-order chi connectivity index (χ0) is 52.3. The molecule has 0 saturated carbocycles. The number of carbonyl (C=O) groups excluding carboxylic acids is 1. The lowest BCUT2D eigenvalue weighted by Crippen LogP contribution is -2.61. The van der Waals surface area contributed by atoms with Crippen LogP contribution in [0.25, 0.3) is 0 Å². The highest BCUT2D eigenvalue weighted by atomic mass is 16.7. The Morgan fingerprint density at radius 1 is 0.458 bits per heavy atom. The number of aliphatic hydroxyl groups is 7. The number of hydrogen-bond donors (Lipinski definition) is 7. The van der Waals surface area contributed by atoms with Gasteiger partial charge in [0.15, 0.2) is 12.6 Å². The minimum atomic E-state index is -1.71. The Bertz CT molecular complexity index is 1330. The van der Waals surface area contributed by atoms with Gasteiger partial charge >= 0.3 is 5.97 Å². The number of allylic oxidation sites excluding steroid dienone is 6. The van der Waals surface area contributed by atoms with Crippen molar-refractivity contribution in [2.75, 3.05) is 33.0 Å². The predicted octanol–water partition coefficient (Wildman–Crippen LogP) is 10.1. The fourth-order valence-electron chi connectivity index (χ4n) is 9.18. The second kappa shape index (κ2) is 45.4. The maximum atomic E-state index is 13.0. The summed E-state index contributed by atoms with van der Waals surface area (Å²) in [6.07, 6.45) is 36.3. The van der Waals surface area contributed by atoms with E-state index >= 15 is 0 Å². The molecule has 72 heavy (non-hydrogen) atoms. The molecular formula is C58H106O14. The molecule has 0 radical (unpaired) electrons. The summed E-state index contributed by atoms with van der Waals surface area (Å²) in [5, 5.41) is 72.3. The van der Waals surface area contributed by atoms with Crippen molar-refractivity contribution in [2.45, 2.75) is 293 Å². The van der Waals surface area contributed by atoms with E-state index in [0.29, 0.717) is 13.0 Å². The summed E-state index contributed by atoms with van der Waals surface area (Å²) < 4.78 is 34.4. The number of esters is 1. The van der Waals surface area contributed by atoms with Crippen LogP contribution in [0, 0.1) is 0 Å². The Kier molecular flexibility index (Phi) is 41.8. The fraction of sp³-hybridized carbons (Fsp3) is 0.879. The number of aliphatic hydroxyl groups excluding tert-OH is 7. The van der Waals surface area contributed by atoms with Gasteiger partial charge in [-0.05, 0) is 51.4 Å². The first-order valence-electron chi connectivity index (χ1n) is 29.1. The number of rotatable bonds is 47. The third-order valence-electron chi connectivity index (χ3n) is 13.9. The Morgan fingerprint density at radius 3 is 1.35 bits per heavy atom. The first kappa shape index (κ1) is 66.3. The van der Waals surface area contributed by atoms with Gasteiger partial charge in [-0.25, -0.2) is 0 Å². The lowest BCUT2D eigenvalue weighted by molar-refractivity contribution is -0.332. The molecule has 2 heterocycles. The molecule has 0 aromatic heterocycles. The Balaban J connectivity index is 1.70. The Morgan fingerprint density at radius 2 is 0.861 bits per heavy atom. The summed E-state index contributed by atoms with van der Waals surface area (Å²) in [6.45, 7) is 3.69. The third-order valence-corrected chi connectivity index (χ3v) is 13.9. The molecular weight excluding hydrogens is 921 g/mol. The molecule has 14 nitrogen and oxygen atoms in total. The molecule has 0 aliphatic carbocycles. The van der Waals surface area contributed by atoms with Gasteiger partial charge < -0.3 is 64.2 Å². The zero-order valence-electron chi connectivity index (χ0n) is 45.2. The van der Waals surface area contributed by atoms with Crippen molar-refractivity contribution in [1.82, 2.24) is 0 Å². The van der Waals surface area contributed by atoms with Crippen LogP contribution in [-0.2, 0) is 33.2 Å². The van der Waals surface area contributed by atoms with Gasteiger partial charge in [0.2, 0.25) is 0 Å². The first-order chi connectivity index (χ1) is 35.1. The standard InChI is InChI=1S/C58H106O14/c1-3-5-7-9-11-13-15-17-19-20-21-22-23-24-25-26-27-28-30-32-34-36-38-40-42-67-44-47(70-50(60)41-39-37-35-33-31-29-18-16-14-12-10-8-6-4-2)45-68-57-56(66)54(64)52(62)49(72-57)46-69-58-55(65)53(63)51(61)48(43-59)71-58/h15,17,20-21,23-24,47-49,51-59,61-66H,3-14,16,18-19,22,25-46H2,1-2H3/b17-15-,21-20-,24-23-. The maximum Gasteiger partial charge on any atom is 0.306 e. The molecule has 0 bridgehead atoms. The molecule has 11 unspecified atom stereocenters. The van der Waals surface area contributed by atoms with Crippen molar-refractivity contribution in [1.29, 1.82) is 0 Å². The van der Waals surface area contributed by atoms with Crippen LogP contribution in [0.2, 0.25) is 0 Å². The van der Waals surface area contributed by atoms with Crippen LogP contribution in [0.1, 0.15) is 226 Å². The van der Waals surface area contributed by atoms with Crippen molar-refractivity contribution in [3.05, 3.63) is 36.5 Å². The van der Waals surface area contributed by atoms with Crippen LogP contribution in [0.5, 0.6) is 0 Å². The molecule has 2 rings (SSSR count). The molecule has 11 atom stereocenters. The average molecular weight is 1030 g/mol. The molecule has 0 aromatic carbocycles. The van der Waals surface area contributed by atoms with Crippen molar-refractivity contribution in [3.8, 4) is 0 Å². The van der Waals surface area contributed by atoms with E-state index < -0.39 is 80.7 Å². The second-order valence-electron chi connectivity index (χ2n) is 20.5.